The lowest BCUT2D eigenvalue weighted by Gasteiger charge is -2.31. The van der Waals surface area contributed by atoms with E-state index in [9.17, 15) is 9.59 Å². The van der Waals surface area contributed by atoms with Crippen molar-refractivity contribution in [2.45, 2.75) is 39.0 Å². The number of methoxy groups -OCH3 is 2. The maximum atomic E-state index is 13.6. The lowest BCUT2D eigenvalue weighted by atomic mass is 10.0. The molecular weight excluding hydrogens is 530 g/mol. The van der Waals surface area contributed by atoms with Crippen LogP contribution in [-0.4, -0.2) is 89.3 Å². The fraction of sp³-hybridized carbons (Fsp3) is 0.533. The summed E-state index contributed by atoms with van der Waals surface area (Å²) in [5, 5.41) is 6.12. The van der Waals surface area contributed by atoms with Gasteiger partial charge in [-0.2, -0.15) is 0 Å². The first-order chi connectivity index (χ1) is 19.9. The van der Waals surface area contributed by atoms with Crippen LogP contribution < -0.4 is 29.6 Å². The maximum Gasteiger partial charge on any atom is 0.407 e. The normalized spacial score (nSPS) is 17.7. The lowest BCUT2D eigenvalue weighted by molar-refractivity contribution is 0.0521. The minimum Gasteiger partial charge on any atom is -0.493 e. The highest BCUT2D eigenvalue weighted by molar-refractivity contribution is 5.95. The van der Waals surface area contributed by atoms with Crippen molar-refractivity contribution in [3.05, 3.63) is 47.5 Å². The SMILES string of the molecule is COCCCOc1cc(C(=O)N(C[C@@H]2CNC[C@H]2OC(=O)NCc2ccc3c(c2)OCCO3)C(C)C)ccc1OC. The first-order valence-corrected chi connectivity index (χ1v) is 14.0. The number of nitrogens with one attached hydrogen (secondary N) is 2. The topological polar surface area (TPSA) is 117 Å². The molecule has 224 valence electrons. The van der Waals surface area contributed by atoms with Gasteiger partial charge in [-0.25, -0.2) is 4.79 Å². The monoisotopic (exact) mass is 571 g/mol. The molecule has 11 nitrogen and oxygen atoms in total. The summed E-state index contributed by atoms with van der Waals surface area (Å²) in [4.78, 5) is 28.1. The van der Waals surface area contributed by atoms with Crippen LogP contribution in [0.5, 0.6) is 23.0 Å². The molecule has 0 aromatic heterocycles. The van der Waals surface area contributed by atoms with Crippen LogP contribution in [0.15, 0.2) is 36.4 Å². The van der Waals surface area contributed by atoms with Gasteiger partial charge in [-0.3, -0.25) is 4.79 Å². The molecule has 2 aliphatic rings. The van der Waals surface area contributed by atoms with Crippen LogP contribution >= 0.6 is 0 Å². The summed E-state index contributed by atoms with van der Waals surface area (Å²) in [5.41, 5.74) is 1.38. The van der Waals surface area contributed by atoms with Crippen molar-refractivity contribution in [1.29, 1.82) is 0 Å². The average molecular weight is 572 g/mol. The number of carbonyl (C=O) groups excluding carboxylic acids is 2. The van der Waals surface area contributed by atoms with Gasteiger partial charge in [-0.15, -0.1) is 0 Å². The van der Waals surface area contributed by atoms with Gasteiger partial charge in [0, 0.05) is 63.8 Å². The van der Waals surface area contributed by atoms with Gasteiger partial charge in [0.05, 0.1) is 13.7 Å². The molecule has 1 fully saturated rings. The van der Waals surface area contributed by atoms with Gasteiger partial charge >= 0.3 is 6.09 Å². The van der Waals surface area contributed by atoms with Crippen molar-refractivity contribution in [2.24, 2.45) is 5.92 Å². The Morgan fingerprint density at radius 1 is 1.02 bits per heavy atom. The van der Waals surface area contributed by atoms with Crippen molar-refractivity contribution in [3.8, 4) is 23.0 Å². The second kappa shape index (κ2) is 14.8. The van der Waals surface area contributed by atoms with Crippen molar-refractivity contribution < 1.29 is 38.0 Å². The summed E-state index contributed by atoms with van der Waals surface area (Å²) in [5.74, 6) is 2.25. The first-order valence-electron chi connectivity index (χ1n) is 14.0. The molecule has 4 rings (SSSR count). The fourth-order valence-electron chi connectivity index (χ4n) is 4.83. The highest BCUT2D eigenvalue weighted by Gasteiger charge is 2.34. The first kappa shape index (κ1) is 30.3. The molecule has 41 heavy (non-hydrogen) atoms. The number of carbonyl (C=O) groups is 2. The van der Waals surface area contributed by atoms with Crippen molar-refractivity contribution in [3.63, 3.8) is 0 Å². The summed E-state index contributed by atoms with van der Waals surface area (Å²) < 4.78 is 33.3. The van der Waals surface area contributed by atoms with Gasteiger partial charge in [0.1, 0.15) is 19.3 Å². The van der Waals surface area contributed by atoms with Crippen LogP contribution in [0.2, 0.25) is 0 Å². The van der Waals surface area contributed by atoms with Crippen LogP contribution in [0.25, 0.3) is 0 Å². The molecule has 1 saturated heterocycles. The van der Waals surface area contributed by atoms with Crippen LogP contribution in [-0.2, 0) is 16.0 Å². The Morgan fingerprint density at radius 3 is 2.59 bits per heavy atom. The molecule has 2 aliphatic heterocycles. The summed E-state index contributed by atoms with van der Waals surface area (Å²) in [7, 11) is 3.21. The number of hydrogen-bond acceptors (Lipinski definition) is 9. The van der Waals surface area contributed by atoms with E-state index in [0.29, 0.717) is 81.2 Å². The largest absolute Gasteiger partial charge is 0.493 e. The van der Waals surface area contributed by atoms with E-state index in [2.05, 4.69) is 10.6 Å². The van der Waals surface area contributed by atoms with E-state index in [4.69, 9.17) is 28.4 Å². The van der Waals surface area contributed by atoms with Gasteiger partial charge in [-0.1, -0.05) is 6.07 Å². The molecule has 2 aromatic carbocycles. The third kappa shape index (κ3) is 8.17. The third-order valence-corrected chi connectivity index (χ3v) is 7.06. The zero-order valence-electron chi connectivity index (χ0n) is 24.3. The van der Waals surface area contributed by atoms with E-state index in [1.807, 2.05) is 32.0 Å². The molecule has 0 saturated carbocycles. The number of hydrogen-bond donors (Lipinski definition) is 2. The van der Waals surface area contributed by atoms with E-state index in [-0.39, 0.29) is 24.0 Å². The van der Waals surface area contributed by atoms with Crippen molar-refractivity contribution >= 4 is 12.0 Å². The Hall–Kier alpha value is -3.70. The summed E-state index contributed by atoms with van der Waals surface area (Å²) >= 11 is 0. The summed E-state index contributed by atoms with van der Waals surface area (Å²) in [6, 6.07) is 10.7. The van der Waals surface area contributed by atoms with Crippen LogP contribution in [0.4, 0.5) is 4.79 Å². The van der Waals surface area contributed by atoms with Gasteiger partial charge < -0.3 is 44.0 Å². The molecule has 0 bridgehead atoms. The third-order valence-electron chi connectivity index (χ3n) is 7.06. The fourth-order valence-corrected chi connectivity index (χ4v) is 4.83. The minimum atomic E-state index is -0.508. The van der Waals surface area contributed by atoms with Gasteiger partial charge in [-0.05, 0) is 49.7 Å². The molecule has 2 amide bonds. The molecule has 2 heterocycles. The van der Waals surface area contributed by atoms with Crippen LogP contribution in [0, 0.1) is 5.92 Å². The van der Waals surface area contributed by atoms with Crippen molar-refractivity contribution in [2.75, 3.05) is 60.3 Å². The highest BCUT2D eigenvalue weighted by Crippen LogP contribution is 2.31. The Balaban J connectivity index is 1.35. The molecule has 2 N–H and O–H groups in total. The number of fused-ring (bicyclic) bond motifs is 1. The average Bonchev–Trinajstić information content (AvgIpc) is 3.42. The van der Waals surface area contributed by atoms with Gasteiger partial charge in [0.2, 0.25) is 0 Å². The molecule has 0 spiro atoms. The zero-order chi connectivity index (χ0) is 29.2. The number of benzene rings is 2. The smallest absolute Gasteiger partial charge is 0.407 e. The maximum absolute atomic E-state index is 13.6. The number of nitrogens with zero attached hydrogens (tertiary/aromatic N) is 1. The zero-order valence-corrected chi connectivity index (χ0v) is 24.3. The minimum absolute atomic E-state index is 0.0654. The van der Waals surface area contributed by atoms with Crippen LogP contribution in [0.1, 0.15) is 36.2 Å². The molecule has 2 aromatic rings. The lowest BCUT2D eigenvalue weighted by Crippen LogP contribution is -2.44. The number of alkyl carbamates (subject to hydrolysis) is 1. The molecule has 11 heteroatoms. The molecule has 0 aliphatic carbocycles. The second-order valence-electron chi connectivity index (χ2n) is 10.3. The van der Waals surface area contributed by atoms with E-state index < -0.39 is 6.09 Å². The Kier molecular flexibility index (Phi) is 10.9. The van der Waals surface area contributed by atoms with E-state index in [1.165, 1.54) is 0 Å². The predicted molar refractivity (Wildman–Crippen MR) is 152 cm³/mol. The summed E-state index contributed by atoms with van der Waals surface area (Å²) in [6.07, 6.45) is -0.165. The standard InChI is InChI=1S/C30H41N3O8/c1-20(2)33(29(34)22-7-9-24(37-4)27(15-22)38-11-5-10-36-3)19-23-17-31-18-28(23)41-30(35)32-16-21-6-8-25-26(14-21)40-13-12-39-25/h6-9,14-15,20,23,28,31H,5,10-13,16-19H2,1-4H3,(H,32,35)/t23-,28+/m0/s1. The van der Waals surface area contributed by atoms with E-state index in [0.717, 1.165) is 12.0 Å². The van der Waals surface area contributed by atoms with Crippen molar-refractivity contribution in [1.82, 2.24) is 15.5 Å². The van der Waals surface area contributed by atoms with E-state index >= 15 is 0 Å². The highest BCUT2D eigenvalue weighted by atomic mass is 16.6. The molecule has 2 atom stereocenters. The molecule has 0 unspecified atom stereocenters. The Labute approximate surface area is 241 Å². The second-order valence-corrected chi connectivity index (χ2v) is 10.3. The summed E-state index contributed by atoms with van der Waals surface area (Å²) in [6.45, 7) is 7.87. The molecular formula is C30H41N3O8. The quantitative estimate of drug-likeness (QED) is 0.350. The molecule has 0 radical (unpaired) electrons. The Morgan fingerprint density at radius 2 is 1.83 bits per heavy atom. The van der Waals surface area contributed by atoms with E-state index in [1.54, 1.807) is 37.3 Å². The van der Waals surface area contributed by atoms with Gasteiger partial charge in [0.15, 0.2) is 23.0 Å². The predicted octanol–water partition coefficient (Wildman–Crippen LogP) is 3.25. The number of rotatable bonds is 13. The van der Waals surface area contributed by atoms with Crippen LogP contribution in [0.3, 0.4) is 0 Å². The number of ether oxygens (including phenoxy) is 6. The Bertz CT molecular complexity index is 1170. The number of amides is 2. The van der Waals surface area contributed by atoms with Gasteiger partial charge in [0.25, 0.3) is 5.91 Å².